The fourth-order valence-electron chi connectivity index (χ4n) is 2.25. The van der Waals surface area contributed by atoms with E-state index in [1.807, 2.05) is 0 Å². The Morgan fingerprint density at radius 3 is 2.67 bits per heavy atom. The highest BCUT2D eigenvalue weighted by Crippen LogP contribution is 2.27. The standard InChI is InChI=1S/C16H13F3N4O/c1-10(11-2-4-13(21-8-11)16(17,18)19)22-15(24)12-3-5-14-20-6-7-23(14)9-12/h2-10H,1H3,(H,22,24)/t10-/m1/s1. The fraction of sp³-hybridized carbons (Fsp3) is 0.188. The van der Waals surface area contributed by atoms with Crippen LogP contribution in [0.4, 0.5) is 13.2 Å². The van der Waals surface area contributed by atoms with Crippen LogP contribution in [0.5, 0.6) is 0 Å². The highest BCUT2D eigenvalue weighted by atomic mass is 19.4. The lowest BCUT2D eigenvalue weighted by Crippen LogP contribution is -2.27. The van der Waals surface area contributed by atoms with E-state index in [1.54, 1.807) is 42.0 Å². The summed E-state index contributed by atoms with van der Waals surface area (Å²) in [6.07, 6.45) is 1.61. The smallest absolute Gasteiger partial charge is 0.345 e. The molecule has 3 rings (SSSR count). The average Bonchev–Trinajstić information content (AvgIpc) is 3.01. The molecule has 0 fully saturated rings. The van der Waals surface area contributed by atoms with Gasteiger partial charge in [-0.25, -0.2) is 4.98 Å². The molecule has 0 radical (unpaired) electrons. The molecule has 0 aliphatic rings. The molecule has 0 aliphatic carbocycles. The Balaban J connectivity index is 1.73. The first-order chi connectivity index (χ1) is 11.3. The van der Waals surface area contributed by atoms with E-state index < -0.39 is 17.9 Å². The summed E-state index contributed by atoms with van der Waals surface area (Å²) in [6.45, 7) is 1.68. The molecule has 1 N–H and O–H groups in total. The normalized spacial score (nSPS) is 13.0. The number of nitrogens with zero attached hydrogens (tertiary/aromatic N) is 3. The first-order valence-electron chi connectivity index (χ1n) is 7.11. The maximum absolute atomic E-state index is 12.5. The van der Waals surface area contributed by atoms with E-state index in [9.17, 15) is 18.0 Å². The van der Waals surface area contributed by atoms with Crippen molar-refractivity contribution in [3.05, 3.63) is 65.9 Å². The van der Waals surface area contributed by atoms with Gasteiger partial charge in [0, 0.05) is 24.8 Å². The maximum Gasteiger partial charge on any atom is 0.433 e. The minimum atomic E-state index is -4.48. The second kappa shape index (κ2) is 5.95. The molecule has 0 saturated carbocycles. The van der Waals surface area contributed by atoms with Crippen molar-refractivity contribution in [3.63, 3.8) is 0 Å². The first-order valence-corrected chi connectivity index (χ1v) is 7.11. The molecular weight excluding hydrogens is 321 g/mol. The van der Waals surface area contributed by atoms with Gasteiger partial charge < -0.3 is 9.72 Å². The van der Waals surface area contributed by atoms with Gasteiger partial charge in [0.25, 0.3) is 5.91 Å². The minimum absolute atomic E-state index is 0.335. The Morgan fingerprint density at radius 2 is 2.00 bits per heavy atom. The molecular formula is C16H13F3N4O. The van der Waals surface area contributed by atoms with Crippen LogP contribution in [0, 0.1) is 0 Å². The van der Waals surface area contributed by atoms with Crippen LogP contribution in [-0.4, -0.2) is 20.3 Å². The summed E-state index contributed by atoms with van der Waals surface area (Å²) in [4.78, 5) is 19.8. The highest BCUT2D eigenvalue weighted by Gasteiger charge is 2.32. The summed E-state index contributed by atoms with van der Waals surface area (Å²) >= 11 is 0. The van der Waals surface area contributed by atoms with Crippen molar-refractivity contribution in [2.24, 2.45) is 0 Å². The number of carbonyl (C=O) groups excluding carboxylic acids is 1. The van der Waals surface area contributed by atoms with Crippen LogP contribution in [0.25, 0.3) is 5.65 Å². The van der Waals surface area contributed by atoms with Crippen molar-refractivity contribution in [2.45, 2.75) is 19.1 Å². The van der Waals surface area contributed by atoms with Crippen LogP contribution < -0.4 is 5.32 Å². The van der Waals surface area contributed by atoms with E-state index in [2.05, 4.69) is 15.3 Å². The van der Waals surface area contributed by atoms with Gasteiger partial charge in [0.15, 0.2) is 0 Å². The van der Waals surface area contributed by atoms with Gasteiger partial charge in [-0.1, -0.05) is 6.07 Å². The number of nitrogens with one attached hydrogen (secondary N) is 1. The molecule has 3 aromatic heterocycles. The van der Waals surface area contributed by atoms with Crippen LogP contribution in [0.3, 0.4) is 0 Å². The van der Waals surface area contributed by atoms with Crippen LogP contribution in [0.15, 0.2) is 49.1 Å². The molecule has 5 nitrogen and oxygen atoms in total. The molecule has 0 unspecified atom stereocenters. The molecule has 3 aromatic rings. The molecule has 0 aliphatic heterocycles. The summed E-state index contributed by atoms with van der Waals surface area (Å²) in [6, 6.07) is 5.06. The summed E-state index contributed by atoms with van der Waals surface area (Å²) in [7, 11) is 0. The number of amides is 1. The zero-order valence-corrected chi connectivity index (χ0v) is 12.6. The first kappa shape index (κ1) is 16.0. The number of aromatic nitrogens is 3. The number of fused-ring (bicyclic) bond motifs is 1. The predicted molar refractivity (Wildman–Crippen MR) is 80.3 cm³/mol. The molecule has 124 valence electrons. The van der Waals surface area contributed by atoms with Gasteiger partial charge in [0.05, 0.1) is 11.6 Å². The lowest BCUT2D eigenvalue weighted by molar-refractivity contribution is -0.141. The second-order valence-corrected chi connectivity index (χ2v) is 5.28. The molecule has 1 amide bonds. The fourth-order valence-corrected chi connectivity index (χ4v) is 2.25. The van der Waals surface area contributed by atoms with Crippen LogP contribution in [0.2, 0.25) is 0 Å². The molecule has 0 bridgehead atoms. The van der Waals surface area contributed by atoms with Crippen LogP contribution >= 0.6 is 0 Å². The van der Waals surface area contributed by atoms with Crippen LogP contribution in [0.1, 0.15) is 34.6 Å². The Bertz CT molecular complexity index is 871. The van der Waals surface area contributed by atoms with Gasteiger partial charge in [-0.05, 0) is 30.7 Å². The zero-order valence-electron chi connectivity index (χ0n) is 12.6. The third-order valence-corrected chi connectivity index (χ3v) is 3.58. The number of hydrogen-bond donors (Lipinski definition) is 1. The predicted octanol–water partition coefficient (Wildman–Crippen LogP) is 3.24. The summed E-state index contributed by atoms with van der Waals surface area (Å²) in [5.41, 5.74) is 0.661. The van der Waals surface area contributed by atoms with Crippen molar-refractivity contribution < 1.29 is 18.0 Å². The monoisotopic (exact) mass is 334 g/mol. The van der Waals surface area contributed by atoms with Gasteiger partial charge in [0.2, 0.25) is 0 Å². The van der Waals surface area contributed by atoms with Gasteiger partial charge >= 0.3 is 6.18 Å². The molecule has 0 spiro atoms. The van der Waals surface area contributed by atoms with E-state index in [1.165, 1.54) is 6.07 Å². The van der Waals surface area contributed by atoms with Crippen molar-refractivity contribution >= 4 is 11.6 Å². The number of halogens is 3. The quantitative estimate of drug-likeness (QED) is 0.800. The third kappa shape index (κ3) is 3.22. The molecule has 0 aromatic carbocycles. The van der Waals surface area contributed by atoms with E-state index in [0.717, 1.165) is 12.3 Å². The number of alkyl halides is 3. The van der Waals surface area contributed by atoms with E-state index in [4.69, 9.17) is 0 Å². The summed E-state index contributed by atoms with van der Waals surface area (Å²) < 4.78 is 39.2. The molecule has 8 heteroatoms. The van der Waals surface area contributed by atoms with Gasteiger partial charge in [-0.3, -0.25) is 9.78 Å². The SMILES string of the molecule is C[C@@H](NC(=O)c1ccc2nccn2c1)c1ccc(C(F)(F)F)nc1. The molecule has 24 heavy (non-hydrogen) atoms. The van der Waals surface area contributed by atoms with E-state index >= 15 is 0 Å². The van der Waals surface area contributed by atoms with E-state index in [-0.39, 0.29) is 5.91 Å². The average molecular weight is 334 g/mol. The second-order valence-electron chi connectivity index (χ2n) is 5.28. The Morgan fingerprint density at radius 1 is 1.21 bits per heavy atom. The van der Waals surface area contributed by atoms with Crippen molar-refractivity contribution in [1.82, 2.24) is 19.7 Å². The third-order valence-electron chi connectivity index (χ3n) is 3.58. The lowest BCUT2D eigenvalue weighted by Gasteiger charge is -2.15. The molecule has 1 atom stereocenters. The van der Waals surface area contributed by atoms with Gasteiger partial charge in [0.1, 0.15) is 11.3 Å². The van der Waals surface area contributed by atoms with Crippen molar-refractivity contribution in [3.8, 4) is 0 Å². The van der Waals surface area contributed by atoms with E-state index in [0.29, 0.717) is 16.8 Å². The van der Waals surface area contributed by atoms with Crippen molar-refractivity contribution in [2.75, 3.05) is 0 Å². The minimum Gasteiger partial charge on any atom is -0.345 e. The largest absolute Gasteiger partial charge is 0.433 e. The van der Waals surface area contributed by atoms with Crippen molar-refractivity contribution in [1.29, 1.82) is 0 Å². The Hall–Kier alpha value is -2.90. The lowest BCUT2D eigenvalue weighted by atomic mass is 10.1. The summed E-state index contributed by atoms with van der Waals surface area (Å²) in [5, 5.41) is 2.73. The number of rotatable bonds is 3. The number of imidazole rings is 1. The number of hydrogen-bond acceptors (Lipinski definition) is 3. The Kier molecular flexibility index (Phi) is 3.96. The Labute approximate surface area is 135 Å². The number of carbonyl (C=O) groups is 1. The number of pyridine rings is 2. The zero-order chi connectivity index (χ0) is 17.3. The van der Waals surface area contributed by atoms with Crippen LogP contribution in [-0.2, 0) is 6.18 Å². The maximum atomic E-state index is 12.5. The van der Waals surface area contributed by atoms with Gasteiger partial charge in [-0.2, -0.15) is 13.2 Å². The highest BCUT2D eigenvalue weighted by molar-refractivity contribution is 5.94. The summed E-state index contributed by atoms with van der Waals surface area (Å²) in [5.74, 6) is -0.335. The van der Waals surface area contributed by atoms with Gasteiger partial charge in [-0.15, -0.1) is 0 Å². The topological polar surface area (TPSA) is 59.3 Å². The molecule has 3 heterocycles. The molecule has 0 saturated heterocycles.